The van der Waals surface area contributed by atoms with Crippen molar-refractivity contribution >= 4 is 9.84 Å². The van der Waals surface area contributed by atoms with Gasteiger partial charge in [-0.15, -0.1) is 0 Å². The molecule has 2 rings (SSSR count). The third-order valence-corrected chi connectivity index (χ3v) is 5.39. The molecule has 1 aliphatic rings. The quantitative estimate of drug-likeness (QED) is 0.917. The van der Waals surface area contributed by atoms with Crippen LogP contribution in [0.3, 0.4) is 0 Å². The fourth-order valence-corrected chi connectivity index (χ4v) is 4.15. The second kappa shape index (κ2) is 5.92. The highest BCUT2D eigenvalue weighted by molar-refractivity contribution is 7.91. The molecule has 0 saturated carbocycles. The molecule has 1 aromatic rings. The Labute approximate surface area is 115 Å². The van der Waals surface area contributed by atoms with E-state index in [0.29, 0.717) is 5.75 Å². The minimum Gasteiger partial charge on any atom is -0.497 e. The van der Waals surface area contributed by atoms with Gasteiger partial charge >= 0.3 is 0 Å². The molecular weight excluding hydrogens is 262 g/mol. The maximum atomic E-state index is 11.6. The Hall–Kier alpha value is -1.07. The molecule has 2 atom stereocenters. The Kier molecular flexibility index (Phi) is 4.47. The summed E-state index contributed by atoms with van der Waals surface area (Å²) in [5.41, 5.74) is 1.14. The van der Waals surface area contributed by atoms with Crippen LogP contribution in [0.5, 0.6) is 5.75 Å². The van der Waals surface area contributed by atoms with Crippen molar-refractivity contribution in [1.82, 2.24) is 5.32 Å². The fourth-order valence-electron chi connectivity index (χ4n) is 2.50. The maximum absolute atomic E-state index is 11.6. The van der Waals surface area contributed by atoms with Crippen molar-refractivity contribution in [3.8, 4) is 5.75 Å². The van der Waals surface area contributed by atoms with E-state index in [9.17, 15) is 8.42 Å². The number of nitrogens with one attached hydrogen (secondary N) is 1. The Morgan fingerprint density at radius 1 is 1.32 bits per heavy atom. The zero-order chi connectivity index (χ0) is 13.9. The van der Waals surface area contributed by atoms with Crippen LogP contribution < -0.4 is 10.1 Å². The van der Waals surface area contributed by atoms with Gasteiger partial charge < -0.3 is 10.1 Å². The minimum absolute atomic E-state index is 0.0656. The lowest BCUT2D eigenvalue weighted by Gasteiger charge is -2.26. The van der Waals surface area contributed by atoms with E-state index >= 15 is 0 Å². The largest absolute Gasteiger partial charge is 0.497 e. The second-order valence-electron chi connectivity index (χ2n) is 5.12. The van der Waals surface area contributed by atoms with Gasteiger partial charge in [-0.1, -0.05) is 12.1 Å². The molecule has 1 N–H and O–H groups in total. The van der Waals surface area contributed by atoms with Gasteiger partial charge in [-0.3, -0.25) is 0 Å². The Morgan fingerprint density at radius 3 is 2.58 bits per heavy atom. The van der Waals surface area contributed by atoms with Crippen LogP contribution >= 0.6 is 0 Å². The van der Waals surface area contributed by atoms with Gasteiger partial charge in [-0.05, 0) is 37.5 Å². The van der Waals surface area contributed by atoms with Crippen LogP contribution in [0, 0.1) is 0 Å². The van der Waals surface area contributed by atoms with Gasteiger partial charge in [0.1, 0.15) is 5.75 Å². The summed E-state index contributed by atoms with van der Waals surface area (Å²) in [6.07, 6.45) is 1.69. The van der Waals surface area contributed by atoms with Crippen LogP contribution in [0.15, 0.2) is 24.3 Å². The molecule has 0 bridgehead atoms. The summed E-state index contributed by atoms with van der Waals surface area (Å²) in [7, 11) is -1.21. The molecule has 0 aromatic heterocycles. The molecule has 19 heavy (non-hydrogen) atoms. The lowest BCUT2D eigenvalue weighted by molar-refractivity contribution is 0.413. The van der Waals surface area contributed by atoms with Gasteiger partial charge in [-0.2, -0.15) is 0 Å². The molecule has 0 aliphatic carbocycles. The number of hydrogen-bond donors (Lipinski definition) is 1. The molecule has 1 aliphatic heterocycles. The summed E-state index contributed by atoms with van der Waals surface area (Å²) in [6.45, 7) is 2.06. The predicted octanol–water partition coefficient (Wildman–Crippen LogP) is 1.92. The summed E-state index contributed by atoms with van der Waals surface area (Å²) in [5.74, 6) is 1.42. The van der Waals surface area contributed by atoms with Gasteiger partial charge in [0.2, 0.25) is 0 Å². The number of methoxy groups -OCH3 is 1. The fraction of sp³-hybridized carbons (Fsp3) is 0.571. The summed E-state index contributed by atoms with van der Waals surface area (Å²) >= 11 is 0. The van der Waals surface area contributed by atoms with Crippen molar-refractivity contribution in [3.05, 3.63) is 29.8 Å². The maximum Gasteiger partial charge on any atom is 0.151 e. The Balaban J connectivity index is 1.98. The summed E-state index contributed by atoms with van der Waals surface area (Å²) < 4.78 is 28.3. The SMILES string of the molecule is COc1ccc(C(C)NC2CCCS(=O)(=O)C2)cc1. The molecule has 2 unspecified atom stereocenters. The average Bonchev–Trinajstić information content (AvgIpc) is 2.37. The van der Waals surface area contributed by atoms with Gasteiger partial charge in [0, 0.05) is 12.1 Å². The lowest BCUT2D eigenvalue weighted by atomic mass is 10.1. The smallest absolute Gasteiger partial charge is 0.151 e. The summed E-state index contributed by atoms with van der Waals surface area (Å²) in [6, 6.07) is 8.07. The first kappa shape index (κ1) is 14.3. The molecule has 1 heterocycles. The molecule has 1 saturated heterocycles. The first-order valence-corrected chi connectivity index (χ1v) is 8.43. The van der Waals surface area contributed by atoms with Crippen molar-refractivity contribution in [1.29, 1.82) is 0 Å². The van der Waals surface area contributed by atoms with Crippen molar-refractivity contribution in [2.24, 2.45) is 0 Å². The minimum atomic E-state index is -2.85. The van der Waals surface area contributed by atoms with Crippen LogP contribution in [0.4, 0.5) is 0 Å². The Bertz CT molecular complexity index is 510. The van der Waals surface area contributed by atoms with Crippen LogP contribution in [0.25, 0.3) is 0 Å². The van der Waals surface area contributed by atoms with E-state index in [1.54, 1.807) is 7.11 Å². The molecule has 0 radical (unpaired) electrons. The first-order chi connectivity index (χ1) is 9.00. The molecule has 0 spiro atoms. The van der Waals surface area contributed by atoms with Crippen molar-refractivity contribution < 1.29 is 13.2 Å². The van der Waals surface area contributed by atoms with Crippen molar-refractivity contribution in [2.45, 2.75) is 31.8 Å². The van der Waals surface area contributed by atoms with Crippen LogP contribution in [0.1, 0.15) is 31.4 Å². The molecule has 5 heteroatoms. The summed E-state index contributed by atoms with van der Waals surface area (Å²) in [5, 5.41) is 3.41. The zero-order valence-corrected chi connectivity index (χ0v) is 12.2. The van der Waals surface area contributed by atoms with Gasteiger partial charge in [0.15, 0.2) is 9.84 Å². The molecule has 1 aromatic carbocycles. The highest BCUT2D eigenvalue weighted by Gasteiger charge is 2.25. The third-order valence-electron chi connectivity index (χ3n) is 3.56. The standard InChI is InChI=1S/C14H21NO3S/c1-11(12-5-7-14(18-2)8-6-12)15-13-4-3-9-19(16,17)10-13/h5-8,11,13,15H,3-4,9-10H2,1-2H3. The monoisotopic (exact) mass is 283 g/mol. The van der Waals surface area contributed by atoms with Crippen LogP contribution in [-0.2, 0) is 9.84 Å². The Morgan fingerprint density at radius 2 is 2.00 bits per heavy atom. The van der Waals surface area contributed by atoms with E-state index in [1.165, 1.54) is 0 Å². The zero-order valence-electron chi connectivity index (χ0n) is 11.4. The van der Waals surface area contributed by atoms with E-state index in [0.717, 1.165) is 24.2 Å². The number of hydrogen-bond acceptors (Lipinski definition) is 4. The van der Waals surface area contributed by atoms with Crippen LogP contribution in [0.2, 0.25) is 0 Å². The number of rotatable bonds is 4. The van der Waals surface area contributed by atoms with E-state index in [4.69, 9.17) is 4.74 Å². The number of benzene rings is 1. The molecule has 0 amide bonds. The van der Waals surface area contributed by atoms with Gasteiger partial charge in [0.25, 0.3) is 0 Å². The van der Waals surface area contributed by atoms with Crippen LogP contribution in [-0.4, -0.2) is 33.1 Å². The van der Waals surface area contributed by atoms with Gasteiger partial charge in [-0.25, -0.2) is 8.42 Å². The second-order valence-corrected chi connectivity index (χ2v) is 7.34. The van der Waals surface area contributed by atoms with Crippen molar-refractivity contribution in [2.75, 3.05) is 18.6 Å². The van der Waals surface area contributed by atoms with E-state index in [1.807, 2.05) is 24.3 Å². The average molecular weight is 283 g/mol. The predicted molar refractivity (Wildman–Crippen MR) is 76.2 cm³/mol. The highest BCUT2D eigenvalue weighted by atomic mass is 32.2. The highest BCUT2D eigenvalue weighted by Crippen LogP contribution is 2.20. The first-order valence-electron chi connectivity index (χ1n) is 6.60. The molecule has 4 nitrogen and oxygen atoms in total. The normalized spacial score (nSPS) is 23.8. The topological polar surface area (TPSA) is 55.4 Å². The molecule has 1 fully saturated rings. The number of ether oxygens (including phenoxy) is 1. The van der Waals surface area contributed by atoms with Gasteiger partial charge in [0.05, 0.1) is 18.6 Å². The third kappa shape index (κ3) is 3.94. The van der Waals surface area contributed by atoms with E-state index in [2.05, 4.69) is 12.2 Å². The van der Waals surface area contributed by atoms with E-state index < -0.39 is 9.84 Å². The lowest BCUT2D eigenvalue weighted by Crippen LogP contribution is -2.41. The number of sulfone groups is 1. The van der Waals surface area contributed by atoms with E-state index in [-0.39, 0.29) is 17.8 Å². The van der Waals surface area contributed by atoms with Crippen molar-refractivity contribution in [3.63, 3.8) is 0 Å². The molecular formula is C14H21NO3S. The summed E-state index contributed by atoms with van der Waals surface area (Å²) in [4.78, 5) is 0. The molecule has 106 valence electrons.